The molecule has 1 aliphatic rings. The van der Waals surface area contributed by atoms with Crippen LogP contribution < -0.4 is 20.9 Å². The highest BCUT2D eigenvalue weighted by Crippen LogP contribution is 2.19. The van der Waals surface area contributed by atoms with Crippen molar-refractivity contribution in [3.63, 3.8) is 0 Å². The summed E-state index contributed by atoms with van der Waals surface area (Å²) in [7, 11) is 0. The maximum Gasteiger partial charge on any atom is 0.224 e. The van der Waals surface area contributed by atoms with Gasteiger partial charge in [-0.3, -0.25) is 0 Å². The fourth-order valence-electron chi connectivity index (χ4n) is 2.63. The van der Waals surface area contributed by atoms with E-state index < -0.39 is 0 Å². The Hall–Kier alpha value is -2.34. The largest absolute Gasteiger partial charge is 0.368 e. The van der Waals surface area contributed by atoms with Crippen LogP contribution in [0.2, 0.25) is 0 Å². The SMILES string of the molecule is NCCNc1nccc(N2CCN(c3ccccc3)CC2)n1. The lowest BCUT2D eigenvalue weighted by atomic mass is 10.2. The zero-order valence-electron chi connectivity index (χ0n) is 12.7. The minimum absolute atomic E-state index is 0.573. The molecule has 0 aliphatic carbocycles. The van der Waals surface area contributed by atoms with Crippen LogP contribution in [0.1, 0.15) is 0 Å². The molecule has 0 unspecified atom stereocenters. The first kappa shape index (κ1) is 14.6. The van der Waals surface area contributed by atoms with Crippen molar-refractivity contribution < 1.29 is 0 Å². The molecule has 1 aromatic heterocycles. The molecule has 2 heterocycles. The number of piperazine rings is 1. The van der Waals surface area contributed by atoms with Gasteiger partial charge in [-0.2, -0.15) is 4.98 Å². The van der Waals surface area contributed by atoms with Gasteiger partial charge in [0.25, 0.3) is 0 Å². The van der Waals surface area contributed by atoms with Gasteiger partial charge in [0, 0.05) is 51.2 Å². The van der Waals surface area contributed by atoms with Crippen LogP contribution in [0.4, 0.5) is 17.5 Å². The molecule has 2 aromatic rings. The van der Waals surface area contributed by atoms with Crippen molar-refractivity contribution in [3.8, 4) is 0 Å². The van der Waals surface area contributed by atoms with Crippen molar-refractivity contribution >= 4 is 17.5 Å². The van der Waals surface area contributed by atoms with Gasteiger partial charge >= 0.3 is 0 Å². The van der Waals surface area contributed by atoms with Crippen molar-refractivity contribution in [1.82, 2.24) is 9.97 Å². The lowest BCUT2D eigenvalue weighted by Gasteiger charge is -2.36. The normalized spacial score (nSPS) is 15.0. The first-order chi connectivity index (χ1) is 10.9. The third-order valence-electron chi connectivity index (χ3n) is 3.79. The molecule has 0 bridgehead atoms. The topological polar surface area (TPSA) is 70.3 Å². The van der Waals surface area contributed by atoms with Gasteiger partial charge in [-0.25, -0.2) is 4.98 Å². The zero-order chi connectivity index (χ0) is 15.2. The van der Waals surface area contributed by atoms with Crippen LogP contribution in [0.3, 0.4) is 0 Å². The molecule has 1 fully saturated rings. The van der Waals surface area contributed by atoms with Crippen molar-refractivity contribution in [2.24, 2.45) is 5.73 Å². The van der Waals surface area contributed by atoms with Gasteiger partial charge in [-0.15, -0.1) is 0 Å². The molecular weight excluding hydrogens is 276 g/mol. The number of nitrogens with one attached hydrogen (secondary N) is 1. The molecule has 0 spiro atoms. The third kappa shape index (κ3) is 3.46. The average Bonchev–Trinajstić information content (AvgIpc) is 2.61. The van der Waals surface area contributed by atoms with Gasteiger partial charge < -0.3 is 20.9 Å². The Balaban J connectivity index is 1.61. The fourth-order valence-corrected chi connectivity index (χ4v) is 2.63. The number of benzene rings is 1. The first-order valence-corrected chi connectivity index (χ1v) is 7.69. The average molecular weight is 298 g/mol. The van der Waals surface area contributed by atoms with Gasteiger partial charge in [-0.05, 0) is 18.2 Å². The van der Waals surface area contributed by atoms with Gasteiger partial charge in [0.1, 0.15) is 5.82 Å². The Kier molecular flexibility index (Phi) is 4.70. The fraction of sp³-hybridized carbons (Fsp3) is 0.375. The molecule has 3 rings (SSSR count). The van der Waals surface area contributed by atoms with E-state index >= 15 is 0 Å². The lowest BCUT2D eigenvalue weighted by Crippen LogP contribution is -2.46. The van der Waals surface area contributed by atoms with E-state index in [1.165, 1.54) is 5.69 Å². The summed E-state index contributed by atoms with van der Waals surface area (Å²) in [4.78, 5) is 13.5. The maximum absolute atomic E-state index is 5.49. The van der Waals surface area contributed by atoms with Crippen LogP contribution in [-0.2, 0) is 0 Å². The predicted octanol–water partition coefficient (Wildman–Crippen LogP) is 1.17. The van der Waals surface area contributed by atoms with E-state index in [4.69, 9.17) is 5.73 Å². The Labute approximate surface area is 131 Å². The second-order valence-electron chi connectivity index (χ2n) is 5.26. The number of rotatable bonds is 5. The van der Waals surface area contributed by atoms with Crippen LogP contribution in [0.5, 0.6) is 0 Å². The molecule has 1 saturated heterocycles. The quantitative estimate of drug-likeness (QED) is 0.863. The van der Waals surface area contributed by atoms with Crippen molar-refractivity contribution in [1.29, 1.82) is 0 Å². The number of aromatic nitrogens is 2. The molecule has 116 valence electrons. The molecule has 6 nitrogen and oxygen atoms in total. The summed E-state index contributed by atoms with van der Waals surface area (Å²) in [5.41, 5.74) is 6.78. The molecule has 1 aromatic carbocycles. The summed E-state index contributed by atoms with van der Waals surface area (Å²) in [5, 5.41) is 3.12. The minimum Gasteiger partial charge on any atom is -0.368 e. The van der Waals surface area contributed by atoms with Crippen LogP contribution in [0, 0.1) is 0 Å². The number of nitrogens with zero attached hydrogens (tertiary/aromatic N) is 4. The molecule has 1 aliphatic heterocycles. The van der Waals surface area contributed by atoms with Crippen molar-refractivity contribution in [2.75, 3.05) is 54.4 Å². The molecule has 3 N–H and O–H groups in total. The number of hydrogen-bond acceptors (Lipinski definition) is 6. The molecule has 6 heteroatoms. The maximum atomic E-state index is 5.49. The number of anilines is 3. The third-order valence-corrected chi connectivity index (χ3v) is 3.79. The monoisotopic (exact) mass is 298 g/mol. The van der Waals surface area contributed by atoms with E-state index in [1.54, 1.807) is 6.20 Å². The summed E-state index contributed by atoms with van der Waals surface area (Å²) >= 11 is 0. The molecular formula is C16H22N6. The number of hydrogen-bond donors (Lipinski definition) is 2. The Morgan fingerprint density at radius 1 is 1.00 bits per heavy atom. The van der Waals surface area contributed by atoms with Crippen molar-refractivity contribution in [3.05, 3.63) is 42.6 Å². The Morgan fingerprint density at radius 3 is 2.45 bits per heavy atom. The zero-order valence-corrected chi connectivity index (χ0v) is 12.7. The second-order valence-corrected chi connectivity index (χ2v) is 5.26. The van der Waals surface area contributed by atoms with Gasteiger partial charge in [0.05, 0.1) is 0 Å². The highest BCUT2D eigenvalue weighted by atomic mass is 15.3. The van der Waals surface area contributed by atoms with E-state index in [0.29, 0.717) is 19.0 Å². The second kappa shape index (κ2) is 7.09. The van der Waals surface area contributed by atoms with Crippen LogP contribution in [-0.4, -0.2) is 49.2 Å². The molecule has 0 atom stereocenters. The highest BCUT2D eigenvalue weighted by Gasteiger charge is 2.18. The summed E-state index contributed by atoms with van der Waals surface area (Å²) in [6.07, 6.45) is 1.80. The van der Waals surface area contributed by atoms with E-state index in [0.717, 1.165) is 32.0 Å². The summed E-state index contributed by atoms with van der Waals surface area (Å²) in [6.45, 7) is 5.18. The van der Waals surface area contributed by atoms with E-state index in [-0.39, 0.29) is 0 Å². The Morgan fingerprint density at radius 2 is 1.73 bits per heavy atom. The highest BCUT2D eigenvalue weighted by molar-refractivity contribution is 5.49. The summed E-state index contributed by atoms with van der Waals surface area (Å²) in [5.74, 6) is 1.62. The minimum atomic E-state index is 0.573. The summed E-state index contributed by atoms with van der Waals surface area (Å²) < 4.78 is 0. The lowest BCUT2D eigenvalue weighted by molar-refractivity contribution is 0.647. The molecule has 0 saturated carbocycles. The summed E-state index contributed by atoms with van der Waals surface area (Å²) in [6, 6.07) is 12.5. The first-order valence-electron chi connectivity index (χ1n) is 7.69. The van der Waals surface area contributed by atoms with Gasteiger partial charge in [-0.1, -0.05) is 18.2 Å². The molecule has 0 amide bonds. The van der Waals surface area contributed by atoms with Crippen LogP contribution in [0.25, 0.3) is 0 Å². The van der Waals surface area contributed by atoms with E-state index in [1.807, 2.05) is 6.07 Å². The van der Waals surface area contributed by atoms with E-state index in [2.05, 4.69) is 55.4 Å². The van der Waals surface area contributed by atoms with Gasteiger partial charge in [0.15, 0.2) is 0 Å². The predicted molar refractivity (Wildman–Crippen MR) is 90.4 cm³/mol. The van der Waals surface area contributed by atoms with Gasteiger partial charge in [0.2, 0.25) is 5.95 Å². The van der Waals surface area contributed by atoms with Crippen LogP contribution >= 0.6 is 0 Å². The molecule has 0 radical (unpaired) electrons. The Bertz CT molecular complexity index is 580. The molecule has 22 heavy (non-hydrogen) atoms. The van der Waals surface area contributed by atoms with Crippen molar-refractivity contribution in [2.45, 2.75) is 0 Å². The smallest absolute Gasteiger partial charge is 0.224 e. The van der Waals surface area contributed by atoms with E-state index in [9.17, 15) is 0 Å². The number of nitrogens with two attached hydrogens (primary N) is 1. The number of para-hydroxylation sites is 1. The van der Waals surface area contributed by atoms with Crippen LogP contribution in [0.15, 0.2) is 42.6 Å². The standard InChI is InChI=1S/C16H22N6/c17-7-9-19-16-18-8-6-15(20-16)22-12-10-21(11-13-22)14-4-2-1-3-5-14/h1-6,8H,7,9-13,17H2,(H,18,19,20).